The number of nitrogens with one attached hydrogen (secondary N) is 1. The van der Waals surface area contributed by atoms with Crippen LogP contribution in [-0.2, 0) is 12.8 Å². The number of likely N-dealkylation sites (tertiary alicyclic amines) is 1. The van der Waals surface area contributed by atoms with Gasteiger partial charge in [-0.25, -0.2) is 0 Å². The van der Waals surface area contributed by atoms with Gasteiger partial charge in [0.2, 0.25) is 0 Å². The number of aromatic amines is 1. The van der Waals surface area contributed by atoms with Gasteiger partial charge in [-0.1, -0.05) is 12.5 Å². The standard InChI is InChI=1S/C17H22N2/c1-2-10-19(11-3-1)14-6-4-13-5-7-17-15(8-9-18-17)16(13)12-14/h5,7-9,14,18H,1-4,6,10-12H2/t14-/m1/s1. The summed E-state index contributed by atoms with van der Waals surface area (Å²) in [6.07, 6.45) is 10.2. The Morgan fingerprint density at radius 2 is 1.95 bits per heavy atom. The highest BCUT2D eigenvalue weighted by molar-refractivity contribution is 5.84. The molecule has 1 aromatic heterocycles. The highest BCUT2D eigenvalue weighted by Crippen LogP contribution is 2.31. The minimum absolute atomic E-state index is 0.785. The Balaban J connectivity index is 1.66. The number of benzene rings is 1. The normalized spacial score (nSPS) is 24.5. The Labute approximate surface area is 114 Å². The fraction of sp³-hybridized carbons (Fsp3) is 0.529. The van der Waals surface area contributed by atoms with Crippen LogP contribution in [0.4, 0.5) is 0 Å². The number of piperidine rings is 1. The Kier molecular flexibility index (Phi) is 2.84. The summed E-state index contributed by atoms with van der Waals surface area (Å²) in [7, 11) is 0. The van der Waals surface area contributed by atoms with Crippen LogP contribution >= 0.6 is 0 Å². The van der Waals surface area contributed by atoms with Crippen molar-refractivity contribution in [2.24, 2.45) is 0 Å². The Hall–Kier alpha value is -1.28. The Morgan fingerprint density at radius 3 is 2.84 bits per heavy atom. The highest BCUT2D eigenvalue weighted by atomic mass is 15.2. The number of nitrogens with zero attached hydrogens (tertiary/aromatic N) is 1. The van der Waals surface area contributed by atoms with Crippen LogP contribution in [-0.4, -0.2) is 29.0 Å². The summed E-state index contributed by atoms with van der Waals surface area (Å²) in [6.45, 7) is 2.65. The maximum absolute atomic E-state index is 3.35. The van der Waals surface area contributed by atoms with Gasteiger partial charge in [0.1, 0.15) is 0 Å². The zero-order valence-electron chi connectivity index (χ0n) is 11.5. The van der Waals surface area contributed by atoms with Crippen molar-refractivity contribution < 1.29 is 0 Å². The lowest BCUT2D eigenvalue weighted by Gasteiger charge is -2.37. The second-order valence-electron chi connectivity index (χ2n) is 6.14. The Bertz CT molecular complexity index is 578. The first kappa shape index (κ1) is 11.5. The molecule has 1 aliphatic carbocycles. The highest BCUT2D eigenvalue weighted by Gasteiger charge is 2.26. The number of aryl methyl sites for hydroxylation is 1. The quantitative estimate of drug-likeness (QED) is 0.825. The zero-order valence-corrected chi connectivity index (χ0v) is 11.5. The maximum atomic E-state index is 3.35. The molecule has 2 nitrogen and oxygen atoms in total. The molecule has 2 heteroatoms. The van der Waals surface area contributed by atoms with Crippen molar-refractivity contribution in [1.29, 1.82) is 0 Å². The van der Waals surface area contributed by atoms with Crippen molar-refractivity contribution in [2.75, 3.05) is 13.1 Å². The molecule has 2 heterocycles. The zero-order chi connectivity index (χ0) is 12.7. The third-order valence-corrected chi connectivity index (χ3v) is 5.04. The van der Waals surface area contributed by atoms with Gasteiger partial charge in [0.15, 0.2) is 0 Å². The summed E-state index contributed by atoms with van der Waals surface area (Å²) >= 11 is 0. The third kappa shape index (κ3) is 1.99. The largest absolute Gasteiger partial charge is 0.361 e. The number of aromatic nitrogens is 1. The number of H-pyrrole nitrogens is 1. The molecule has 19 heavy (non-hydrogen) atoms. The van der Waals surface area contributed by atoms with Crippen molar-refractivity contribution in [3.8, 4) is 0 Å². The molecule has 0 bridgehead atoms. The van der Waals surface area contributed by atoms with Crippen molar-refractivity contribution >= 4 is 10.9 Å². The van der Waals surface area contributed by atoms with Crippen LogP contribution in [0.2, 0.25) is 0 Å². The van der Waals surface area contributed by atoms with Gasteiger partial charge in [-0.05, 0) is 68.5 Å². The van der Waals surface area contributed by atoms with Crippen molar-refractivity contribution in [1.82, 2.24) is 9.88 Å². The molecule has 1 saturated heterocycles. The van der Waals surface area contributed by atoms with E-state index in [0.29, 0.717) is 0 Å². The first-order valence-corrected chi connectivity index (χ1v) is 7.74. The lowest BCUT2D eigenvalue weighted by molar-refractivity contribution is 0.150. The van der Waals surface area contributed by atoms with Crippen molar-refractivity contribution in [2.45, 2.75) is 44.6 Å². The number of fused-ring (bicyclic) bond motifs is 3. The van der Waals surface area contributed by atoms with E-state index in [1.165, 1.54) is 62.5 Å². The van der Waals surface area contributed by atoms with E-state index < -0.39 is 0 Å². The molecule has 1 fully saturated rings. The SMILES string of the molecule is c1cc2c3c(ccc2[nH]1)CC[C@@H](N1CCCCC1)C3. The minimum atomic E-state index is 0.785. The minimum Gasteiger partial charge on any atom is -0.361 e. The molecule has 0 radical (unpaired) electrons. The molecule has 0 saturated carbocycles. The summed E-state index contributed by atoms with van der Waals surface area (Å²) in [5.41, 5.74) is 4.50. The number of hydrogen-bond acceptors (Lipinski definition) is 1. The molecule has 0 spiro atoms. The predicted octanol–water partition coefficient (Wildman–Crippen LogP) is 3.51. The van der Waals surface area contributed by atoms with E-state index >= 15 is 0 Å². The molecule has 2 aliphatic rings. The molecular formula is C17H22N2. The first-order valence-electron chi connectivity index (χ1n) is 7.74. The van der Waals surface area contributed by atoms with Gasteiger partial charge in [0, 0.05) is 23.1 Å². The fourth-order valence-corrected chi connectivity index (χ4v) is 3.97. The monoisotopic (exact) mass is 254 g/mol. The van der Waals surface area contributed by atoms with Gasteiger partial charge in [0.25, 0.3) is 0 Å². The van der Waals surface area contributed by atoms with Gasteiger partial charge in [-0.3, -0.25) is 0 Å². The smallest absolute Gasteiger partial charge is 0.0456 e. The van der Waals surface area contributed by atoms with E-state index in [0.717, 1.165) is 6.04 Å². The molecule has 2 aromatic rings. The van der Waals surface area contributed by atoms with Gasteiger partial charge >= 0.3 is 0 Å². The molecule has 4 rings (SSSR count). The van der Waals surface area contributed by atoms with E-state index in [1.54, 1.807) is 11.1 Å². The summed E-state index contributed by atoms with van der Waals surface area (Å²) in [5.74, 6) is 0. The second-order valence-corrected chi connectivity index (χ2v) is 6.14. The summed E-state index contributed by atoms with van der Waals surface area (Å²) < 4.78 is 0. The average Bonchev–Trinajstić information content (AvgIpc) is 2.96. The number of hydrogen-bond donors (Lipinski definition) is 1. The lowest BCUT2D eigenvalue weighted by atomic mass is 9.85. The molecule has 1 aliphatic heterocycles. The topological polar surface area (TPSA) is 19.0 Å². The summed E-state index contributed by atoms with van der Waals surface area (Å²) in [5, 5.41) is 1.46. The van der Waals surface area contributed by atoms with E-state index in [4.69, 9.17) is 0 Å². The van der Waals surface area contributed by atoms with E-state index in [9.17, 15) is 0 Å². The second kappa shape index (κ2) is 4.68. The van der Waals surface area contributed by atoms with Crippen LogP contribution in [0.1, 0.15) is 36.8 Å². The van der Waals surface area contributed by atoms with E-state index in [-0.39, 0.29) is 0 Å². The fourth-order valence-electron chi connectivity index (χ4n) is 3.97. The predicted molar refractivity (Wildman–Crippen MR) is 79.5 cm³/mol. The van der Waals surface area contributed by atoms with Crippen molar-refractivity contribution in [3.05, 3.63) is 35.5 Å². The van der Waals surface area contributed by atoms with Gasteiger partial charge in [-0.15, -0.1) is 0 Å². The lowest BCUT2D eigenvalue weighted by Crippen LogP contribution is -2.42. The molecular weight excluding hydrogens is 232 g/mol. The molecule has 1 N–H and O–H groups in total. The molecule has 0 unspecified atom stereocenters. The first-order chi connectivity index (χ1) is 9.42. The van der Waals surface area contributed by atoms with Crippen LogP contribution < -0.4 is 0 Å². The van der Waals surface area contributed by atoms with Crippen LogP contribution in [0.5, 0.6) is 0 Å². The Morgan fingerprint density at radius 1 is 1.05 bits per heavy atom. The maximum Gasteiger partial charge on any atom is 0.0456 e. The van der Waals surface area contributed by atoms with Crippen molar-refractivity contribution in [3.63, 3.8) is 0 Å². The van der Waals surface area contributed by atoms with Gasteiger partial charge in [-0.2, -0.15) is 0 Å². The average molecular weight is 254 g/mol. The number of rotatable bonds is 1. The van der Waals surface area contributed by atoms with Gasteiger partial charge < -0.3 is 9.88 Å². The van der Waals surface area contributed by atoms with Crippen LogP contribution in [0.3, 0.4) is 0 Å². The molecule has 0 amide bonds. The van der Waals surface area contributed by atoms with E-state index in [1.807, 2.05) is 0 Å². The molecule has 100 valence electrons. The summed E-state index contributed by atoms with van der Waals surface area (Å²) in [6, 6.07) is 7.62. The van der Waals surface area contributed by atoms with Crippen LogP contribution in [0.15, 0.2) is 24.4 Å². The molecule has 1 atom stereocenters. The molecule has 1 aromatic carbocycles. The summed E-state index contributed by atoms with van der Waals surface area (Å²) in [4.78, 5) is 6.10. The van der Waals surface area contributed by atoms with E-state index in [2.05, 4.69) is 34.3 Å². The van der Waals surface area contributed by atoms with Gasteiger partial charge in [0.05, 0.1) is 0 Å². The van der Waals surface area contributed by atoms with Crippen LogP contribution in [0, 0.1) is 0 Å². The third-order valence-electron chi connectivity index (χ3n) is 5.04. The van der Waals surface area contributed by atoms with Crippen LogP contribution in [0.25, 0.3) is 10.9 Å².